The molecule has 13 heavy (non-hydrogen) atoms. The minimum Gasteiger partial charge on any atom is -0.357 e. The van der Waals surface area contributed by atoms with Gasteiger partial charge in [0.2, 0.25) is 0 Å². The van der Waals surface area contributed by atoms with Crippen LogP contribution in [-0.2, 0) is 0 Å². The summed E-state index contributed by atoms with van der Waals surface area (Å²) in [5, 5.41) is 0. The van der Waals surface area contributed by atoms with Crippen LogP contribution < -0.4 is 4.90 Å². The molecule has 0 aromatic carbocycles. The minimum atomic E-state index is 1.09. The van der Waals surface area contributed by atoms with Crippen LogP contribution in [0.15, 0.2) is 22.8 Å². The van der Waals surface area contributed by atoms with Gasteiger partial charge in [0, 0.05) is 23.8 Å². The van der Waals surface area contributed by atoms with Crippen molar-refractivity contribution in [3.05, 3.63) is 29.2 Å². The van der Waals surface area contributed by atoms with E-state index in [9.17, 15) is 0 Å². The lowest BCUT2D eigenvalue weighted by molar-refractivity contribution is 0.671. The summed E-state index contributed by atoms with van der Waals surface area (Å²) in [6, 6.07) is 4.03. The third-order valence-electron chi connectivity index (χ3n) is 2.24. The van der Waals surface area contributed by atoms with Gasteiger partial charge in [-0.05, 0) is 31.4 Å². The molecule has 0 saturated carbocycles. The van der Waals surface area contributed by atoms with Gasteiger partial charge in [-0.3, -0.25) is 0 Å². The molecule has 1 aromatic rings. The topological polar surface area (TPSA) is 16.1 Å². The van der Waals surface area contributed by atoms with E-state index >= 15 is 0 Å². The zero-order valence-electron chi connectivity index (χ0n) is 7.41. The Hall–Kier alpha value is -0.570. The number of piperidine rings is 1. The summed E-state index contributed by atoms with van der Waals surface area (Å²) in [4.78, 5) is 6.67. The Bertz CT molecular complexity index is 282. The van der Waals surface area contributed by atoms with Crippen molar-refractivity contribution in [2.45, 2.75) is 12.8 Å². The zero-order valence-corrected chi connectivity index (χ0v) is 9.00. The van der Waals surface area contributed by atoms with Gasteiger partial charge in [0.25, 0.3) is 0 Å². The molecule has 0 unspecified atom stereocenters. The van der Waals surface area contributed by atoms with Gasteiger partial charge in [0.15, 0.2) is 0 Å². The van der Waals surface area contributed by atoms with Crippen LogP contribution in [0.4, 0.5) is 5.82 Å². The number of hydrogen-bond acceptors (Lipinski definition) is 2. The number of halogens is 1. The maximum atomic E-state index is 4.35. The first-order valence-electron chi connectivity index (χ1n) is 4.54. The number of hydrogen-bond donors (Lipinski definition) is 0. The molecule has 0 atom stereocenters. The van der Waals surface area contributed by atoms with Crippen LogP contribution in [0.1, 0.15) is 12.8 Å². The average Bonchev–Trinajstić information content (AvgIpc) is 2.19. The summed E-state index contributed by atoms with van der Waals surface area (Å²) in [7, 11) is 0. The van der Waals surface area contributed by atoms with Crippen LogP contribution in [0.3, 0.4) is 0 Å². The quantitative estimate of drug-likeness (QED) is 0.750. The smallest absolute Gasteiger partial charge is 0.129 e. The van der Waals surface area contributed by atoms with E-state index in [1.54, 1.807) is 0 Å². The van der Waals surface area contributed by atoms with Crippen LogP contribution in [0.25, 0.3) is 0 Å². The fraction of sp³-hybridized carbons (Fsp3) is 0.400. The van der Waals surface area contributed by atoms with Gasteiger partial charge in [-0.15, -0.1) is 0 Å². The lowest BCUT2D eigenvalue weighted by Gasteiger charge is -2.27. The predicted molar refractivity (Wildman–Crippen MR) is 57.7 cm³/mol. The summed E-state index contributed by atoms with van der Waals surface area (Å²) >= 11 is 3.45. The van der Waals surface area contributed by atoms with Crippen molar-refractivity contribution in [2.24, 2.45) is 0 Å². The molecule has 2 nitrogen and oxygen atoms in total. The summed E-state index contributed by atoms with van der Waals surface area (Å²) < 4.78 is 1.10. The summed E-state index contributed by atoms with van der Waals surface area (Å²) in [6.07, 6.45) is 6.54. The van der Waals surface area contributed by atoms with Crippen LogP contribution in [0.2, 0.25) is 0 Å². The third-order valence-corrected chi connectivity index (χ3v) is 2.73. The van der Waals surface area contributed by atoms with Crippen molar-refractivity contribution in [3.8, 4) is 0 Å². The Labute approximate surface area is 87.1 Å². The number of anilines is 1. The highest BCUT2D eigenvalue weighted by molar-refractivity contribution is 9.10. The number of pyridine rings is 1. The third kappa shape index (κ3) is 2.21. The van der Waals surface area contributed by atoms with Crippen molar-refractivity contribution in [1.29, 1.82) is 0 Å². The molecule has 1 aromatic heterocycles. The zero-order chi connectivity index (χ0) is 9.10. The maximum absolute atomic E-state index is 4.35. The van der Waals surface area contributed by atoms with E-state index in [1.165, 1.54) is 12.8 Å². The largest absolute Gasteiger partial charge is 0.357 e. The predicted octanol–water partition coefficient (Wildman–Crippen LogP) is 2.65. The van der Waals surface area contributed by atoms with E-state index in [1.807, 2.05) is 12.3 Å². The fourth-order valence-corrected chi connectivity index (χ4v) is 1.87. The highest BCUT2D eigenvalue weighted by atomic mass is 79.9. The van der Waals surface area contributed by atoms with E-state index in [0.29, 0.717) is 0 Å². The Morgan fingerprint density at radius 1 is 1.31 bits per heavy atom. The highest BCUT2D eigenvalue weighted by Crippen LogP contribution is 2.20. The molecule has 1 saturated heterocycles. The van der Waals surface area contributed by atoms with Crippen LogP contribution in [-0.4, -0.2) is 18.1 Å². The molecule has 3 heteroatoms. The fourth-order valence-electron chi connectivity index (χ4n) is 1.55. The molecule has 1 aliphatic heterocycles. The molecule has 1 aliphatic rings. The number of rotatable bonds is 1. The van der Waals surface area contributed by atoms with Gasteiger partial charge in [-0.2, -0.15) is 0 Å². The molecule has 0 amide bonds. The second kappa shape index (κ2) is 4.09. The first-order chi connectivity index (χ1) is 6.36. The molecule has 2 rings (SSSR count). The van der Waals surface area contributed by atoms with Gasteiger partial charge in [-0.1, -0.05) is 15.9 Å². The van der Waals surface area contributed by atoms with Crippen molar-refractivity contribution < 1.29 is 0 Å². The van der Waals surface area contributed by atoms with Gasteiger partial charge in [-0.25, -0.2) is 4.98 Å². The monoisotopic (exact) mass is 239 g/mol. The van der Waals surface area contributed by atoms with E-state index in [-0.39, 0.29) is 0 Å². The van der Waals surface area contributed by atoms with Crippen molar-refractivity contribution in [2.75, 3.05) is 18.0 Å². The van der Waals surface area contributed by atoms with E-state index < -0.39 is 0 Å². The molecule has 2 heterocycles. The SMILES string of the molecule is Brc1ccnc(N2CC[CH]CC2)c1. The maximum Gasteiger partial charge on any atom is 0.129 e. The average molecular weight is 240 g/mol. The van der Waals surface area contributed by atoms with Crippen molar-refractivity contribution in [3.63, 3.8) is 0 Å². The first kappa shape index (κ1) is 9.00. The van der Waals surface area contributed by atoms with Gasteiger partial charge >= 0.3 is 0 Å². The van der Waals surface area contributed by atoms with E-state index in [4.69, 9.17) is 0 Å². The normalized spacial score (nSPS) is 17.5. The van der Waals surface area contributed by atoms with Crippen LogP contribution in [0, 0.1) is 6.42 Å². The van der Waals surface area contributed by atoms with Crippen LogP contribution in [0.5, 0.6) is 0 Å². The Balaban J connectivity index is 2.14. The number of nitrogens with zero attached hydrogens (tertiary/aromatic N) is 2. The van der Waals surface area contributed by atoms with Gasteiger partial charge in [0.1, 0.15) is 5.82 Å². The van der Waals surface area contributed by atoms with Crippen LogP contribution >= 0.6 is 15.9 Å². The molecule has 69 valence electrons. The summed E-state index contributed by atoms with van der Waals surface area (Å²) in [6.45, 7) is 2.20. The highest BCUT2D eigenvalue weighted by Gasteiger charge is 2.11. The lowest BCUT2D eigenvalue weighted by Crippen LogP contribution is -2.30. The Morgan fingerprint density at radius 3 is 2.77 bits per heavy atom. The minimum absolute atomic E-state index is 1.09. The molecule has 0 bridgehead atoms. The van der Waals surface area contributed by atoms with Gasteiger partial charge < -0.3 is 4.90 Å². The van der Waals surface area contributed by atoms with Gasteiger partial charge in [0.05, 0.1) is 0 Å². The Kier molecular flexibility index (Phi) is 2.83. The second-order valence-corrected chi connectivity index (χ2v) is 4.10. The standard InChI is InChI=1S/C10H12BrN2/c11-9-4-5-12-10(8-9)13-6-2-1-3-7-13/h1,4-5,8H,2-3,6-7H2. The van der Waals surface area contributed by atoms with E-state index in [0.717, 1.165) is 23.4 Å². The molecular weight excluding hydrogens is 228 g/mol. The molecular formula is C10H12BrN2. The molecule has 1 radical (unpaired) electrons. The lowest BCUT2D eigenvalue weighted by atomic mass is 10.1. The molecule has 0 spiro atoms. The second-order valence-electron chi connectivity index (χ2n) is 3.19. The van der Waals surface area contributed by atoms with E-state index in [2.05, 4.69) is 38.3 Å². The summed E-state index contributed by atoms with van der Waals surface area (Å²) in [5.74, 6) is 1.09. The van der Waals surface area contributed by atoms with Crippen molar-refractivity contribution in [1.82, 2.24) is 4.98 Å². The number of aromatic nitrogens is 1. The summed E-state index contributed by atoms with van der Waals surface area (Å²) in [5.41, 5.74) is 0. The van der Waals surface area contributed by atoms with Crippen molar-refractivity contribution >= 4 is 21.7 Å². The molecule has 0 aliphatic carbocycles. The first-order valence-corrected chi connectivity index (χ1v) is 5.34. The molecule has 0 N–H and O–H groups in total. The molecule has 1 fully saturated rings. The Morgan fingerprint density at radius 2 is 2.08 bits per heavy atom.